The van der Waals surface area contributed by atoms with Gasteiger partial charge in [-0.1, -0.05) is 35.1 Å². The van der Waals surface area contributed by atoms with Crippen LogP contribution in [0.3, 0.4) is 0 Å². The van der Waals surface area contributed by atoms with Crippen molar-refractivity contribution in [2.45, 2.75) is 0 Å². The van der Waals surface area contributed by atoms with Crippen LogP contribution in [0.1, 0.15) is 0 Å². The minimum absolute atomic E-state index is 0.430. The molecule has 7 heteroatoms. The Hall–Kier alpha value is -1.89. The molecular formula is C15H13ClN4S2. The molecule has 0 aliphatic carbocycles. The number of nitrogens with zero attached hydrogens (tertiary/aromatic N) is 2. The minimum atomic E-state index is 0.430. The second kappa shape index (κ2) is 6.48. The van der Waals surface area contributed by atoms with Gasteiger partial charge in [0.1, 0.15) is 0 Å². The summed E-state index contributed by atoms with van der Waals surface area (Å²) in [5, 5.41) is 8.53. The molecule has 3 aromatic rings. The first-order valence-electron chi connectivity index (χ1n) is 6.54. The van der Waals surface area contributed by atoms with Gasteiger partial charge in [-0.15, -0.1) is 5.10 Å². The number of para-hydroxylation sites is 1. The number of nitrogens with one attached hydrogen (secondary N) is 2. The summed E-state index contributed by atoms with van der Waals surface area (Å²) in [6.07, 6.45) is 0. The van der Waals surface area contributed by atoms with Crippen LogP contribution in [0, 0.1) is 0 Å². The SMILES string of the molecule is Cn1/c(=N\NC(=S)Nc2ccc(Cl)cc2)sc2ccccc21. The zero-order chi connectivity index (χ0) is 15.5. The minimum Gasteiger partial charge on any atom is -0.331 e. The molecule has 0 aliphatic heterocycles. The Morgan fingerprint density at radius 1 is 1.18 bits per heavy atom. The number of thiocarbonyl (C=S) groups is 1. The first-order chi connectivity index (χ1) is 10.6. The molecule has 1 aromatic heterocycles. The van der Waals surface area contributed by atoms with E-state index in [4.69, 9.17) is 23.8 Å². The number of aromatic nitrogens is 1. The first-order valence-corrected chi connectivity index (χ1v) is 8.14. The van der Waals surface area contributed by atoms with E-state index in [1.54, 1.807) is 23.5 Å². The van der Waals surface area contributed by atoms with E-state index < -0.39 is 0 Å². The van der Waals surface area contributed by atoms with E-state index in [-0.39, 0.29) is 0 Å². The molecule has 4 nitrogen and oxygen atoms in total. The Kier molecular flexibility index (Phi) is 4.42. The second-order valence-corrected chi connectivity index (χ2v) is 6.45. The molecule has 0 unspecified atom stereocenters. The van der Waals surface area contributed by atoms with Crippen molar-refractivity contribution < 1.29 is 0 Å². The molecule has 1 heterocycles. The van der Waals surface area contributed by atoms with E-state index in [1.807, 2.05) is 35.9 Å². The third-order valence-corrected chi connectivity index (χ3v) is 4.63. The molecule has 3 rings (SSSR count). The Labute approximate surface area is 142 Å². The standard InChI is InChI=1S/C15H13ClN4S2/c1-20-12-4-2-3-5-13(12)22-15(20)19-18-14(21)17-11-8-6-10(16)7-9-11/h2-9H,1H3,(H2,17,18,21)/b19-15+. The lowest BCUT2D eigenvalue weighted by molar-refractivity contribution is 0.853. The number of halogens is 1. The van der Waals surface area contributed by atoms with Gasteiger partial charge in [-0.3, -0.25) is 5.43 Å². The number of fused-ring (bicyclic) bond motifs is 1. The van der Waals surface area contributed by atoms with Gasteiger partial charge in [-0.2, -0.15) is 0 Å². The average molecular weight is 349 g/mol. The average Bonchev–Trinajstić information content (AvgIpc) is 2.84. The highest BCUT2D eigenvalue weighted by Gasteiger charge is 2.01. The van der Waals surface area contributed by atoms with Crippen molar-refractivity contribution >= 4 is 56.2 Å². The van der Waals surface area contributed by atoms with E-state index >= 15 is 0 Å². The fraction of sp³-hybridized carbons (Fsp3) is 0.0667. The van der Waals surface area contributed by atoms with Crippen molar-refractivity contribution in [2.75, 3.05) is 5.32 Å². The van der Waals surface area contributed by atoms with E-state index in [0.717, 1.165) is 16.0 Å². The number of aryl methyl sites for hydroxylation is 1. The van der Waals surface area contributed by atoms with Crippen LogP contribution >= 0.6 is 35.2 Å². The monoisotopic (exact) mass is 348 g/mol. The van der Waals surface area contributed by atoms with Crippen LogP contribution in [0.2, 0.25) is 5.02 Å². The number of hydrogen-bond acceptors (Lipinski definition) is 3. The fourth-order valence-corrected chi connectivity index (χ4v) is 3.25. The first kappa shape index (κ1) is 15.0. The van der Waals surface area contributed by atoms with Crippen LogP contribution in [0.5, 0.6) is 0 Å². The lowest BCUT2D eigenvalue weighted by Gasteiger charge is -2.06. The maximum atomic E-state index is 5.85. The summed E-state index contributed by atoms with van der Waals surface area (Å²) in [4.78, 5) is 0.849. The van der Waals surface area contributed by atoms with Gasteiger partial charge in [0, 0.05) is 17.8 Å². The van der Waals surface area contributed by atoms with Crippen molar-refractivity contribution in [3.05, 3.63) is 58.4 Å². The van der Waals surface area contributed by atoms with Crippen molar-refractivity contribution in [2.24, 2.45) is 12.1 Å². The van der Waals surface area contributed by atoms with Gasteiger partial charge in [0.05, 0.1) is 10.2 Å². The van der Waals surface area contributed by atoms with Gasteiger partial charge in [0.2, 0.25) is 4.80 Å². The molecule has 0 saturated carbocycles. The Morgan fingerprint density at radius 2 is 1.91 bits per heavy atom. The van der Waals surface area contributed by atoms with Gasteiger partial charge >= 0.3 is 0 Å². The van der Waals surface area contributed by atoms with Gasteiger partial charge in [0.15, 0.2) is 5.11 Å². The summed E-state index contributed by atoms with van der Waals surface area (Å²) < 4.78 is 3.21. The highest BCUT2D eigenvalue weighted by molar-refractivity contribution is 7.80. The highest BCUT2D eigenvalue weighted by Crippen LogP contribution is 2.15. The molecule has 0 radical (unpaired) electrons. The van der Waals surface area contributed by atoms with Crippen LogP contribution in [-0.4, -0.2) is 9.68 Å². The molecule has 2 N–H and O–H groups in total. The van der Waals surface area contributed by atoms with Crippen LogP contribution in [-0.2, 0) is 7.05 Å². The predicted molar refractivity (Wildman–Crippen MR) is 97.2 cm³/mol. The van der Waals surface area contributed by atoms with Gasteiger partial charge in [-0.05, 0) is 48.6 Å². The number of thiazole rings is 1. The lowest BCUT2D eigenvalue weighted by Crippen LogP contribution is -2.27. The van der Waals surface area contributed by atoms with Crippen molar-refractivity contribution in [3.8, 4) is 0 Å². The lowest BCUT2D eigenvalue weighted by atomic mass is 10.3. The van der Waals surface area contributed by atoms with E-state index in [0.29, 0.717) is 10.1 Å². The molecule has 0 aliphatic rings. The number of benzene rings is 2. The molecule has 0 fully saturated rings. The van der Waals surface area contributed by atoms with Gasteiger partial charge < -0.3 is 9.88 Å². The number of anilines is 1. The summed E-state index contributed by atoms with van der Waals surface area (Å²) in [6, 6.07) is 15.5. The highest BCUT2D eigenvalue weighted by atomic mass is 35.5. The normalized spacial score (nSPS) is 11.6. The van der Waals surface area contributed by atoms with Crippen molar-refractivity contribution in [1.82, 2.24) is 9.99 Å². The molecule has 0 spiro atoms. The third-order valence-electron chi connectivity index (χ3n) is 3.07. The van der Waals surface area contributed by atoms with E-state index in [9.17, 15) is 0 Å². The van der Waals surface area contributed by atoms with Crippen LogP contribution in [0.15, 0.2) is 53.6 Å². The topological polar surface area (TPSA) is 41.4 Å². The van der Waals surface area contributed by atoms with Crippen LogP contribution < -0.4 is 15.5 Å². The van der Waals surface area contributed by atoms with E-state index in [1.165, 1.54) is 4.70 Å². The summed E-state index contributed by atoms with van der Waals surface area (Å²) in [6.45, 7) is 0. The van der Waals surface area contributed by atoms with Crippen molar-refractivity contribution in [1.29, 1.82) is 0 Å². The summed E-state index contributed by atoms with van der Waals surface area (Å²) in [5.41, 5.74) is 4.87. The zero-order valence-corrected chi connectivity index (χ0v) is 14.1. The van der Waals surface area contributed by atoms with Crippen molar-refractivity contribution in [3.63, 3.8) is 0 Å². The van der Waals surface area contributed by atoms with Crippen LogP contribution in [0.4, 0.5) is 5.69 Å². The van der Waals surface area contributed by atoms with Crippen LogP contribution in [0.25, 0.3) is 10.2 Å². The molecule has 2 aromatic carbocycles. The molecule has 0 bridgehead atoms. The summed E-state index contributed by atoms with van der Waals surface area (Å²) in [5.74, 6) is 0. The Morgan fingerprint density at radius 3 is 2.64 bits per heavy atom. The summed E-state index contributed by atoms with van der Waals surface area (Å²) >= 11 is 12.7. The summed E-state index contributed by atoms with van der Waals surface area (Å²) in [7, 11) is 1.98. The number of rotatable bonds is 2. The largest absolute Gasteiger partial charge is 0.331 e. The molecule has 0 amide bonds. The van der Waals surface area contributed by atoms with Gasteiger partial charge in [-0.25, -0.2) is 0 Å². The Bertz CT molecular complexity index is 880. The fourth-order valence-electron chi connectivity index (χ4n) is 1.98. The molecule has 0 atom stereocenters. The zero-order valence-electron chi connectivity index (χ0n) is 11.7. The number of hydrogen-bond donors (Lipinski definition) is 2. The predicted octanol–water partition coefficient (Wildman–Crippen LogP) is 3.70. The molecule has 112 valence electrons. The quantitative estimate of drug-likeness (QED) is 0.548. The maximum Gasteiger partial charge on any atom is 0.209 e. The molecular weight excluding hydrogens is 336 g/mol. The van der Waals surface area contributed by atoms with E-state index in [2.05, 4.69) is 28.0 Å². The Balaban J connectivity index is 1.76. The maximum absolute atomic E-state index is 5.85. The molecule has 22 heavy (non-hydrogen) atoms. The third kappa shape index (κ3) is 3.30. The molecule has 0 saturated heterocycles. The second-order valence-electron chi connectivity index (χ2n) is 4.60. The smallest absolute Gasteiger partial charge is 0.209 e. The van der Waals surface area contributed by atoms with Gasteiger partial charge in [0.25, 0.3) is 0 Å².